The normalized spacial score (nSPS) is 13.6. The molecule has 0 fully saturated rings. The van der Waals surface area contributed by atoms with Crippen LogP contribution in [0.5, 0.6) is 0 Å². The molecule has 1 nitrogen and oxygen atoms in total. The maximum Gasteiger partial charge on any atom is 0.105 e. The van der Waals surface area contributed by atoms with Crippen LogP contribution in [0.2, 0.25) is 0 Å². The van der Waals surface area contributed by atoms with Crippen molar-refractivity contribution in [3.05, 3.63) is 0 Å². The average molecular weight is 176 g/mol. The van der Waals surface area contributed by atoms with Crippen LogP contribution in [-0.2, 0) is 4.74 Å². The van der Waals surface area contributed by atoms with Gasteiger partial charge < -0.3 is 4.74 Å². The van der Waals surface area contributed by atoms with E-state index in [2.05, 4.69) is 33.4 Å². The van der Waals surface area contributed by atoms with Crippen molar-refractivity contribution >= 4 is 12.6 Å². The van der Waals surface area contributed by atoms with Gasteiger partial charge in [-0.05, 0) is 25.7 Å². The van der Waals surface area contributed by atoms with Crippen LogP contribution in [0, 0.1) is 5.41 Å². The fraction of sp³-hybridized carbons (Fsp3) is 1.00. The highest BCUT2D eigenvalue weighted by Gasteiger charge is 2.14. The second kappa shape index (κ2) is 3.81. The topological polar surface area (TPSA) is 9.23 Å². The summed E-state index contributed by atoms with van der Waals surface area (Å²) in [6.07, 6.45) is 1.08. The molecule has 0 N–H and O–H groups in total. The van der Waals surface area contributed by atoms with Gasteiger partial charge in [-0.25, -0.2) is 0 Å². The smallest absolute Gasteiger partial charge is 0.105 e. The van der Waals surface area contributed by atoms with Gasteiger partial charge >= 0.3 is 0 Å². The van der Waals surface area contributed by atoms with Gasteiger partial charge in [0.1, 0.15) is 4.93 Å². The van der Waals surface area contributed by atoms with Crippen LogP contribution in [0.3, 0.4) is 0 Å². The Balaban J connectivity index is 3.44. The number of rotatable bonds is 3. The summed E-state index contributed by atoms with van der Waals surface area (Å²) in [6.45, 7) is 11.3. The van der Waals surface area contributed by atoms with Crippen molar-refractivity contribution < 1.29 is 4.74 Å². The van der Waals surface area contributed by atoms with Crippen LogP contribution in [0.4, 0.5) is 0 Å². The molecule has 0 bridgehead atoms. The van der Waals surface area contributed by atoms with Gasteiger partial charge in [-0.3, -0.25) is 0 Å². The number of hydrogen-bond acceptors (Lipinski definition) is 2. The molecule has 11 heavy (non-hydrogen) atoms. The Labute approximate surface area is 75.9 Å². The number of hydrogen-bond donors (Lipinski definition) is 1. The summed E-state index contributed by atoms with van der Waals surface area (Å²) in [5.74, 6) is 0. The lowest BCUT2D eigenvalue weighted by Gasteiger charge is -2.23. The Morgan fingerprint density at radius 2 is 1.55 bits per heavy atom. The molecule has 2 heteroatoms. The zero-order chi connectivity index (χ0) is 9.12. The van der Waals surface area contributed by atoms with Gasteiger partial charge in [0.2, 0.25) is 0 Å². The Bertz CT molecular complexity index is 93.7. The molecule has 0 aromatic heterocycles. The maximum atomic E-state index is 5.47. The summed E-state index contributed by atoms with van der Waals surface area (Å²) in [5, 5.41) is 0. The van der Waals surface area contributed by atoms with E-state index in [-0.39, 0.29) is 4.93 Å². The van der Waals surface area contributed by atoms with E-state index < -0.39 is 0 Å². The van der Waals surface area contributed by atoms with Gasteiger partial charge in [-0.15, -0.1) is 12.6 Å². The van der Waals surface area contributed by atoms with Crippen LogP contribution in [-0.4, -0.2) is 11.5 Å². The quantitative estimate of drug-likeness (QED) is 0.513. The molecule has 0 aliphatic rings. The zero-order valence-electron chi connectivity index (χ0n) is 8.27. The summed E-state index contributed by atoms with van der Waals surface area (Å²) in [5.41, 5.74) is 0.360. The van der Waals surface area contributed by atoms with Crippen molar-refractivity contribution in [1.82, 2.24) is 0 Å². The number of thiol groups is 1. The van der Waals surface area contributed by atoms with Crippen molar-refractivity contribution in [2.45, 2.75) is 46.0 Å². The highest BCUT2D eigenvalue weighted by Crippen LogP contribution is 2.21. The van der Waals surface area contributed by atoms with E-state index in [0.29, 0.717) is 5.41 Å². The molecule has 0 saturated heterocycles. The summed E-state index contributed by atoms with van der Waals surface area (Å²) >= 11 is 4.26. The molecule has 0 aliphatic heterocycles. The molecule has 0 saturated carbocycles. The summed E-state index contributed by atoms with van der Waals surface area (Å²) in [6, 6.07) is 0. The molecule has 0 heterocycles. The third kappa shape index (κ3) is 10.3. The van der Waals surface area contributed by atoms with E-state index in [9.17, 15) is 0 Å². The maximum absolute atomic E-state index is 5.47. The first-order valence-corrected chi connectivity index (χ1v) is 4.52. The van der Waals surface area contributed by atoms with E-state index in [4.69, 9.17) is 4.74 Å². The van der Waals surface area contributed by atoms with Gasteiger partial charge in [-0.2, -0.15) is 0 Å². The first kappa shape index (κ1) is 11.3. The Morgan fingerprint density at radius 1 is 1.09 bits per heavy atom. The third-order valence-electron chi connectivity index (χ3n) is 1.31. The molecule has 0 amide bonds. The van der Waals surface area contributed by atoms with Crippen LogP contribution in [0.25, 0.3) is 0 Å². The lowest BCUT2D eigenvalue weighted by molar-refractivity contribution is 0.0382. The lowest BCUT2D eigenvalue weighted by atomic mass is 9.93. The Morgan fingerprint density at radius 3 is 1.82 bits per heavy atom. The monoisotopic (exact) mass is 176 g/mol. The van der Waals surface area contributed by atoms with Crippen molar-refractivity contribution in [2.24, 2.45) is 5.41 Å². The first-order valence-electron chi connectivity index (χ1n) is 4.07. The fourth-order valence-corrected chi connectivity index (χ4v) is 0.698. The molecule has 0 atom stereocenters. The Kier molecular flexibility index (Phi) is 3.92. The molecule has 0 aliphatic carbocycles. The predicted molar refractivity (Wildman–Crippen MR) is 53.1 cm³/mol. The Hall–Kier alpha value is 0.310. The molecular weight excluding hydrogens is 156 g/mol. The first-order chi connectivity index (χ1) is 4.71. The zero-order valence-corrected chi connectivity index (χ0v) is 9.16. The second-order valence-electron chi connectivity index (χ2n) is 4.61. The van der Waals surface area contributed by atoms with Crippen LogP contribution < -0.4 is 0 Å². The second-order valence-corrected chi connectivity index (χ2v) is 5.68. The molecular formula is C9H20OS. The van der Waals surface area contributed by atoms with Gasteiger partial charge in [0.05, 0.1) is 0 Å². The molecule has 0 rings (SSSR count). The van der Waals surface area contributed by atoms with E-state index in [1.54, 1.807) is 0 Å². The van der Waals surface area contributed by atoms with Crippen LogP contribution >= 0.6 is 12.6 Å². The van der Waals surface area contributed by atoms with Crippen molar-refractivity contribution in [3.8, 4) is 0 Å². The summed E-state index contributed by atoms with van der Waals surface area (Å²) in [4.78, 5) is -0.286. The molecule has 0 radical (unpaired) electrons. The minimum Gasteiger partial charge on any atom is -0.365 e. The van der Waals surface area contributed by atoms with Gasteiger partial charge in [0.15, 0.2) is 0 Å². The molecule has 68 valence electrons. The molecule has 0 aromatic rings. The fourth-order valence-electron chi connectivity index (χ4n) is 0.607. The molecule has 0 aromatic carbocycles. The minimum absolute atomic E-state index is 0.286. The highest BCUT2D eigenvalue weighted by molar-refractivity contribution is 7.81. The van der Waals surface area contributed by atoms with Crippen molar-refractivity contribution in [3.63, 3.8) is 0 Å². The SMILES string of the molecule is CC(C)(C)CCOC(C)(C)S. The number of ether oxygens (including phenoxy) is 1. The van der Waals surface area contributed by atoms with Crippen molar-refractivity contribution in [2.75, 3.05) is 6.61 Å². The van der Waals surface area contributed by atoms with Crippen LogP contribution in [0.15, 0.2) is 0 Å². The largest absolute Gasteiger partial charge is 0.365 e. The summed E-state index contributed by atoms with van der Waals surface area (Å²) < 4.78 is 5.47. The summed E-state index contributed by atoms with van der Waals surface area (Å²) in [7, 11) is 0. The third-order valence-corrected chi connectivity index (χ3v) is 1.44. The van der Waals surface area contributed by atoms with E-state index >= 15 is 0 Å². The van der Waals surface area contributed by atoms with Gasteiger partial charge in [0, 0.05) is 6.61 Å². The average Bonchev–Trinajstić information content (AvgIpc) is 1.55. The van der Waals surface area contributed by atoms with E-state index in [0.717, 1.165) is 13.0 Å². The van der Waals surface area contributed by atoms with Crippen LogP contribution in [0.1, 0.15) is 41.0 Å². The van der Waals surface area contributed by atoms with Gasteiger partial charge in [0.25, 0.3) is 0 Å². The molecule has 0 unspecified atom stereocenters. The van der Waals surface area contributed by atoms with E-state index in [1.807, 2.05) is 13.8 Å². The highest BCUT2D eigenvalue weighted by atomic mass is 32.1. The van der Waals surface area contributed by atoms with Crippen molar-refractivity contribution in [1.29, 1.82) is 0 Å². The standard InChI is InChI=1S/C9H20OS/c1-8(2,3)6-7-10-9(4,5)11/h11H,6-7H2,1-5H3. The lowest BCUT2D eigenvalue weighted by Crippen LogP contribution is -2.19. The molecule has 0 spiro atoms. The predicted octanol–water partition coefficient (Wildman–Crippen LogP) is 3.11. The van der Waals surface area contributed by atoms with E-state index in [1.165, 1.54) is 0 Å². The minimum atomic E-state index is -0.286. The van der Waals surface area contributed by atoms with Gasteiger partial charge in [-0.1, -0.05) is 20.8 Å².